The molecule has 0 aliphatic rings. The van der Waals surface area contributed by atoms with Crippen molar-refractivity contribution in [3.05, 3.63) is 66.2 Å². The predicted octanol–water partition coefficient (Wildman–Crippen LogP) is 2.51. The Balaban J connectivity index is 1.47. The van der Waals surface area contributed by atoms with E-state index >= 15 is 0 Å². The molecule has 0 unspecified atom stereocenters. The van der Waals surface area contributed by atoms with Gasteiger partial charge in [0.1, 0.15) is 6.61 Å². The van der Waals surface area contributed by atoms with E-state index in [-0.39, 0.29) is 12.6 Å². The van der Waals surface area contributed by atoms with Crippen LogP contribution in [-0.2, 0) is 22.7 Å². The summed E-state index contributed by atoms with van der Waals surface area (Å²) in [5, 5.41) is 8.31. The van der Waals surface area contributed by atoms with Crippen molar-refractivity contribution in [1.29, 1.82) is 0 Å². The fourth-order valence-corrected chi connectivity index (χ4v) is 2.20. The number of rotatable bonds is 6. The molecule has 0 saturated carbocycles. The van der Waals surface area contributed by atoms with Gasteiger partial charge in [0.2, 0.25) is 0 Å². The molecule has 3 rings (SSSR count). The number of hydrogen-bond donors (Lipinski definition) is 0. The Morgan fingerprint density at radius 3 is 2.70 bits per heavy atom. The molecule has 3 aromatic rings. The number of ether oxygens (including phenoxy) is 1. The van der Waals surface area contributed by atoms with Gasteiger partial charge in [-0.15, -0.1) is 0 Å². The first-order valence-corrected chi connectivity index (χ1v) is 7.44. The molecule has 0 saturated heterocycles. The van der Waals surface area contributed by atoms with E-state index in [0.717, 1.165) is 16.8 Å². The third-order valence-electron chi connectivity index (χ3n) is 3.41. The highest BCUT2D eigenvalue weighted by atomic mass is 16.5. The van der Waals surface area contributed by atoms with Gasteiger partial charge in [-0.2, -0.15) is 10.2 Å². The summed E-state index contributed by atoms with van der Waals surface area (Å²) in [6.45, 7) is 2.77. The van der Waals surface area contributed by atoms with Crippen molar-refractivity contribution in [3.8, 4) is 5.69 Å². The minimum absolute atomic E-state index is 0.227. The lowest BCUT2D eigenvalue weighted by Gasteiger charge is -2.06. The number of hydrogen-bond acceptors (Lipinski definition) is 4. The molecule has 2 aromatic heterocycles. The van der Waals surface area contributed by atoms with Gasteiger partial charge in [-0.3, -0.25) is 9.48 Å². The molecular formula is C17H18N4O2. The van der Waals surface area contributed by atoms with Crippen LogP contribution in [-0.4, -0.2) is 25.5 Å². The van der Waals surface area contributed by atoms with E-state index in [0.29, 0.717) is 13.0 Å². The zero-order valence-electron chi connectivity index (χ0n) is 12.9. The molecule has 2 heterocycles. The fraction of sp³-hybridized carbons (Fsp3) is 0.235. The van der Waals surface area contributed by atoms with Crippen molar-refractivity contribution in [2.75, 3.05) is 0 Å². The van der Waals surface area contributed by atoms with E-state index in [1.807, 2.05) is 49.6 Å². The van der Waals surface area contributed by atoms with E-state index in [4.69, 9.17) is 4.74 Å². The van der Waals surface area contributed by atoms with Crippen LogP contribution in [0.4, 0.5) is 0 Å². The summed E-state index contributed by atoms with van der Waals surface area (Å²) in [5.74, 6) is -0.227. The highest BCUT2D eigenvalue weighted by Gasteiger charge is 2.05. The fourth-order valence-electron chi connectivity index (χ4n) is 2.20. The summed E-state index contributed by atoms with van der Waals surface area (Å²) < 4.78 is 8.81. The number of benzene rings is 1. The van der Waals surface area contributed by atoms with E-state index < -0.39 is 0 Å². The molecule has 0 bridgehead atoms. The first-order valence-electron chi connectivity index (χ1n) is 7.44. The topological polar surface area (TPSA) is 61.9 Å². The second kappa shape index (κ2) is 6.91. The lowest BCUT2D eigenvalue weighted by Crippen LogP contribution is -2.09. The first-order chi connectivity index (χ1) is 11.2. The van der Waals surface area contributed by atoms with Gasteiger partial charge in [0.25, 0.3) is 0 Å². The summed E-state index contributed by atoms with van der Waals surface area (Å²) in [7, 11) is 0. The Kier molecular flexibility index (Phi) is 4.52. The molecule has 118 valence electrons. The smallest absolute Gasteiger partial charge is 0.308 e. The van der Waals surface area contributed by atoms with Gasteiger partial charge in [-0.25, -0.2) is 4.68 Å². The minimum Gasteiger partial charge on any atom is -0.461 e. The van der Waals surface area contributed by atoms with Crippen LogP contribution in [0.2, 0.25) is 0 Å². The van der Waals surface area contributed by atoms with E-state index in [2.05, 4.69) is 10.2 Å². The van der Waals surface area contributed by atoms with Crippen LogP contribution in [0, 0.1) is 6.92 Å². The first kappa shape index (κ1) is 15.0. The lowest BCUT2D eigenvalue weighted by atomic mass is 10.2. The maximum absolute atomic E-state index is 11.8. The largest absolute Gasteiger partial charge is 0.461 e. The normalized spacial score (nSPS) is 10.7. The summed E-state index contributed by atoms with van der Waals surface area (Å²) in [4.78, 5) is 11.8. The molecule has 0 spiro atoms. The van der Waals surface area contributed by atoms with Gasteiger partial charge < -0.3 is 4.74 Å². The lowest BCUT2D eigenvalue weighted by molar-refractivity contribution is -0.145. The van der Waals surface area contributed by atoms with Crippen molar-refractivity contribution in [2.45, 2.75) is 26.5 Å². The van der Waals surface area contributed by atoms with Crippen LogP contribution in [0.3, 0.4) is 0 Å². The van der Waals surface area contributed by atoms with Crippen LogP contribution in [0.25, 0.3) is 5.69 Å². The van der Waals surface area contributed by atoms with Crippen LogP contribution < -0.4 is 0 Å². The van der Waals surface area contributed by atoms with Gasteiger partial charge in [0.05, 0.1) is 24.8 Å². The molecule has 0 N–H and O–H groups in total. The Bertz CT molecular complexity index is 760. The molecule has 0 aliphatic heterocycles. The number of esters is 1. The molecule has 6 heteroatoms. The average Bonchev–Trinajstić information content (AvgIpc) is 3.23. The van der Waals surface area contributed by atoms with Gasteiger partial charge in [0.15, 0.2) is 0 Å². The van der Waals surface area contributed by atoms with Crippen LogP contribution in [0.5, 0.6) is 0 Å². The van der Waals surface area contributed by atoms with E-state index in [9.17, 15) is 4.79 Å². The van der Waals surface area contributed by atoms with Crippen molar-refractivity contribution in [1.82, 2.24) is 19.6 Å². The maximum atomic E-state index is 11.8. The van der Waals surface area contributed by atoms with Crippen LogP contribution in [0.15, 0.2) is 55.1 Å². The average molecular weight is 310 g/mol. The summed E-state index contributed by atoms with van der Waals surface area (Å²) >= 11 is 0. The molecule has 0 radical (unpaired) electrons. The summed E-state index contributed by atoms with van der Waals surface area (Å²) in [6.07, 6.45) is 7.60. The van der Waals surface area contributed by atoms with Crippen LogP contribution in [0.1, 0.15) is 17.5 Å². The molecule has 6 nitrogen and oxygen atoms in total. The zero-order valence-corrected chi connectivity index (χ0v) is 12.9. The molecule has 0 atom stereocenters. The van der Waals surface area contributed by atoms with Crippen LogP contribution >= 0.6 is 0 Å². The summed E-state index contributed by atoms with van der Waals surface area (Å²) in [5.41, 5.74) is 3.00. The number of aromatic nitrogens is 4. The SMILES string of the molecule is Cc1cnn(CCC(=O)OCc2ccc(-n3cccn3)cc2)c1. The number of carbonyl (C=O) groups excluding carboxylic acids is 1. The predicted molar refractivity (Wildman–Crippen MR) is 84.9 cm³/mol. The zero-order chi connectivity index (χ0) is 16.1. The van der Waals surface area contributed by atoms with Crippen molar-refractivity contribution < 1.29 is 9.53 Å². The third-order valence-corrected chi connectivity index (χ3v) is 3.41. The van der Waals surface area contributed by atoms with Crippen molar-refractivity contribution in [2.24, 2.45) is 0 Å². The molecule has 23 heavy (non-hydrogen) atoms. The molecule has 1 aromatic carbocycles. The number of nitrogens with zero attached hydrogens (tertiary/aromatic N) is 4. The molecule has 0 aliphatic carbocycles. The molecule has 0 fully saturated rings. The Morgan fingerprint density at radius 1 is 1.22 bits per heavy atom. The summed E-state index contributed by atoms with van der Waals surface area (Å²) in [6, 6.07) is 9.63. The third kappa shape index (κ3) is 4.06. The Morgan fingerprint density at radius 2 is 2.04 bits per heavy atom. The molecular weight excluding hydrogens is 292 g/mol. The minimum atomic E-state index is -0.227. The van der Waals surface area contributed by atoms with Gasteiger partial charge >= 0.3 is 5.97 Å². The second-order valence-electron chi connectivity index (χ2n) is 5.31. The van der Waals surface area contributed by atoms with E-state index in [1.165, 1.54) is 0 Å². The quantitative estimate of drug-likeness (QED) is 0.656. The van der Waals surface area contributed by atoms with E-state index in [1.54, 1.807) is 21.8 Å². The number of carbonyl (C=O) groups is 1. The maximum Gasteiger partial charge on any atom is 0.308 e. The van der Waals surface area contributed by atoms with Gasteiger partial charge in [-0.1, -0.05) is 12.1 Å². The van der Waals surface area contributed by atoms with Gasteiger partial charge in [-0.05, 0) is 36.2 Å². The Labute approximate surface area is 134 Å². The molecule has 0 amide bonds. The van der Waals surface area contributed by atoms with Crippen molar-refractivity contribution in [3.63, 3.8) is 0 Å². The Hall–Kier alpha value is -2.89. The number of aryl methyl sites for hydroxylation is 2. The highest BCUT2D eigenvalue weighted by Crippen LogP contribution is 2.10. The van der Waals surface area contributed by atoms with Crippen molar-refractivity contribution >= 4 is 5.97 Å². The van der Waals surface area contributed by atoms with Gasteiger partial charge in [0, 0.05) is 18.6 Å². The highest BCUT2D eigenvalue weighted by molar-refractivity contribution is 5.69. The second-order valence-corrected chi connectivity index (χ2v) is 5.31. The standard InChI is InChI=1S/C17H18N4O2/c1-14-11-19-20(12-14)10-7-17(22)23-13-15-3-5-16(6-4-15)21-9-2-8-18-21/h2-6,8-9,11-12H,7,10,13H2,1H3. The monoisotopic (exact) mass is 310 g/mol.